The zero-order valence-electron chi connectivity index (χ0n) is 11.6. The van der Waals surface area contributed by atoms with Gasteiger partial charge in [0.1, 0.15) is 5.82 Å². The van der Waals surface area contributed by atoms with Crippen molar-refractivity contribution < 1.29 is 9.59 Å². The number of aromatic nitrogens is 2. The molecule has 2 amide bonds. The van der Waals surface area contributed by atoms with Crippen molar-refractivity contribution in [2.75, 3.05) is 32.7 Å². The lowest BCUT2D eigenvalue weighted by molar-refractivity contribution is -0.159. The fourth-order valence-electron chi connectivity index (χ4n) is 2.85. The number of imidazole rings is 1. The predicted octanol–water partition coefficient (Wildman–Crippen LogP) is -1.39. The Morgan fingerprint density at radius 1 is 1.40 bits per heavy atom. The van der Waals surface area contributed by atoms with E-state index in [0.717, 1.165) is 18.9 Å². The van der Waals surface area contributed by atoms with Gasteiger partial charge in [0.15, 0.2) is 0 Å². The molecular weight excluding hydrogens is 258 g/mol. The third-order valence-corrected chi connectivity index (χ3v) is 4.04. The normalized spacial score (nSPS) is 23.1. The molecule has 20 heavy (non-hydrogen) atoms. The maximum absolute atomic E-state index is 12.1. The second kappa shape index (κ2) is 5.24. The maximum atomic E-state index is 12.1. The molecule has 2 aliphatic heterocycles. The van der Waals surface area contributed by atoms with E-state index in [4.69, 9.17) is 0 Å². The van der Waals surface area contributed by atoms with E-state index in [1.165, 1.54) is 0 Å². The van der Waals surface area contributed by atoms with Gasteiger partial charge in [-0.05, 0) is 0 Å². The van der Waals surface area contributed by atoms with Crippen LogP contribution in [0.5, 0.6) is 0 Å². The lowest BCUT2D eigenvalue weighted by atomic mass is 10.1. The zero-order valence-corrected chi connectivity index (χ0v) is 11.6. The molecule has 7 nitrogen and oxygen atoms in total. The number of carbonyl (C=O) groups is 2. The summed E-state index contributed by atoms with van der Waals surface area (Å²) in [5.74, 6) is 0.189. The molecule has 3 heterocycles. The summed E-state index contributed by atoms with van der Waals surface area (Å²) in [4.78, 5) is 31.8. The predicted molar refractivity (Wildman–Crippen MR) is 71.9 cm³/mol. The second-order valence-corrected chi connectivity index (χ2v) is 5.31. The third-order valence-electron chi connectivity index (χ3n) is 4.04. The molecular formula is C13H19N5O2. The Kier molecular flexibility index (Phi) is 3.43. The van der Waals surface area contributed by atoms with Gasteiger partial charge in [0, 0.05) is 58.6 Å². The van der Waals surface area contributed by atoms with Gasteiger partial charge in [-0.15, -0.1) is 0 Å². The molecule has 0 saturated carbocycles. The van der Waals surface area contributed by atoms with Crippen LogP contribution in [0, 0.1) is 0 Å². The molecule has 2 saturated heterocycles. The summed E-state index contributed by atoms with van der Waals surface area (Å²) in [6.45, 7) is 3.31. The van der Waals surface area contributed by atoms with E-state index in [1.54, 1.807) is 16.0 Å². The molecule has 3 rings (SSSR count). The van der Waals surface area contributed by atoms with Gasteiger partial charge < -0.3 is 19.7 Å². The molecule has 1 N–H and O–H groups in total. The summed E-state index contributed by atoms with van der Waals surface area (Å²) in [5, 5.41) is 3.27. The second-order valence-electron chi connectivity index (χ2n) is 5.31. The Morgan fingerprint density at radius 2 is 2.25 bits per heavy atom. The van der Waals surface area contributed by atoms with Gasteiger partial charge in [0.25, 0.3) is 0 Å². The Morgan fingerprint density at radius 3 is 3.00 bits per heavy atom. The topological polar surface area (TPSA) is 70.5 Å². The molecule has 7 heteroatoms. The number of amides is 2. The van der Waals surface area contributed by atoms with E-state index in [1.807, 2.05) is 17.8 Å². The number of hydrogen-bond acceptors (Lipinski definition) is 4. The summed E-state index contributed by atoms with van der Waals surface area (Å²) < 4.78 is 1.94. The van der Waals surface area contributed by atoms with Crippen molar-refractivity contribution in [2.45, 2.75) is 12.5 Å². The first kappa shape index (κ1) is 13.1. The minimum absolute atomic E-state index is 0.107. The number of fused-ring (bicyclic) bond motifs is 1. The van der Waals surface area contributed by atoms with Gasteiger partial charge in [0.05, 0.1) is 6.04 Å². The fourth-order valence-corrected chi connectivity index (χ4v) is 2.85. The van der Waals surface area contributed by atoms with Crippen LogP contribution in [0.3, 0.4) is 0 Å². The smallest absolute Gasteiger partial charge is 0.312 e. The number of hydrogen-bond donors (Lipinski definition) is 1. The summed E-state index contributed by atoms with van der Waals surface area (Å²) in [7, 11) is 1.93. The van der Waals surface area contributed by atoms with Gasteiger partial charge in [-0.1, -0.05) is 0 Å². The number of aryl methyl sites for hydroxylation is 1. The average molecular weight is 277 g/mol. The molecule has 0 aliphatic carbocycles. The van der Waals surface area contributed by atoms with Crippen molar-refractivity contribution in [3.63, 3.8) is 0 Å². The van der Waals surface area contributed by atoms with Gasteiger partial charge in [-0.25, -0.2) is 4.98 Å². The summed E-state index contributed by atoms with van der Waals surface area (Å²) in [5.41, 5.74) is 0. The van der Waals surface area contributed by atoms with E-state index < -0.39 is 0 Å². The van der Waals surface area contributed by atoms with Crippen LogP contribution in [0.25, 0.3) is 0 Å². The molecule has 2 fully saturated rings. The average Bonchev–Trinajstić information content (AvgIpc) is 2.87. The fraction of sp³-hybridized carbons (Fsp3) is 0.615. The summed E-state index contributed by atoms with van der Waals surface area (Å²) in [6.07, 6.45) is 4.29. The summed E-state index contributed by atoms with van der Waals surface area (Å²) >= 11 is 0. The Bertz CT molecular complexity index is 527. The lowest BCUT2D eigenvalue weighted by Gasteiger charge is -2.43. The molecule has 1 aromatic heterocycles. The molecule has 2 aliphatic rings. The minimum Gasteiger partial charge on any atom is -0.338 e. The van der Waals surface area contributed by atoms with Gasteiger partial charge in [-0.2, -0.15) is 0 Å². The largest absolute Gasteiger partial charge is 0.338 e. The van der Waals surface area contributed by atoms with Crippen molar-refractivity contribution in [3.05, 3.63) is 18.2 Å². The molecule has 0 aromatic carbocycles. The highest BCUT2D eigenvalue weighted by Crippen LogP contribution is 2.14. The Labute approximate surface area is 117 Å². The van der Waals surface area contributed by atoms with Crippen LogP contribution in [-0.2, 0) is 23.1 Å². The number of nitrogens with one attached hydrogen (secondary N) is 1. The van der Waals surface area contributed by atoms with E-state index in [9.17, 15) is 9.59 Å². The van der Waals surface area contributed by atoms with Crippen LogP contribution in [0.15, 0.2) is 12.4 Å². The van der Waals surface area contributed by atoms with Gasteiger partial charge in [0.2, 0.25) is 0 Å². The van der Waals surface area contributed by atoms with Crippen LogP contribution in [0.1, 0.15) is 5.82 Å². The highest BCUT2D eigenvalue weighted by Gasteiger charge is 2.39. The SMILES string of the molecule is Cn1ccnc1CCN1CC2CNCCN2C(=O)C1=O. The van der Waals surface area contributed by atoms with Crippen LogP contribution >= 0.6 is 0 Å². The standard InChI is InChI=1S/C13H19N5O2/c1-16-6-4-15-11(16)2-5-17-9-10-8-14-3-7-18(10)13(20)12(17)19/h4,6,10,14H,2-3,5,7-9H2,1H3. The van der Waals surface area contributed by atoms with Crippen LogP contribution in [0.4, 0.5) is 0 Å². The zero-order chi connectivity index (χ0) is 14.1. The lowest BCUT2D eigenvalue weighted by Crippen LogP contribution is -2.65. The molecule has 1 aromatic rings. The van der Waals surface area contributed by atoms with E-state index in [0.29, 0.717) is 26.1 Å². The van der Waals surface area contributed by atoms with Crippen LogP contribution in [-0.4, -0.2) is 69.9 Å². The first-order valence-corrected chi connectivity index (χ1v) is 6.93. The number of nitrogens with zero attached hydrogens (tertiary/aromatic N) is 4. The van der Waals surface area contributed by atoms with E-state index in [-0.39, 0.29) is 17.9 Å². The Balaban J connectivity index is 1.66. The van der Waals surface area contributed by atoms with E-state index >= 15 is 0 Å². The van der Waals surface area contributed by atoms with Crippen molar-refractivity contribution in [1.29, 1.82) is 0 Å². The highest BCUT2D eigenvalue weighted by molar-refractivity contribution is 6.35. The van der Waals surface area contributed by atoms with Crippen molar-refractivity contribution in [2.24, 2.45) is 7.05 Å². The number of rotatable bonds is 3. The molecule has 0 radical (unpaired) electrons. The third kappa shape index (κ3) is 2.29. The van der Waals surface area contributed by atoms with Gasteiger partial charge in [-0.3, -0.25) is 9.59 Å². The number of carbonyl (C=O) groups excluding carboxylic acids is 2. The summed E-state index contributed by atoms with van der Waals surface area (Å²) in [6, 6.07) is 0.107. The van der Waals surface area contributed by atoms with Crippen molar-refractivity contribution >= 4 is 11.8 Å². The van der Waals surface area contributed by atoms with Crippen molar-refractivity contribution in [3.8, 4) is 0 Å². The Hall–Kier alpha value is -1.89. The molecule has 0 bridgehead atoms. The molecule has 108 valence electrons. The van der Waals surface area contributed by atoms with E-state index in [2.05, 4.69) is 10.3 Å². The first-order valence-electron chi connectivity index (χ1n) is 6.93. The molecule has 1 unspecified atom stereocenters. The molecule has 1 atom stereocenters. The van der Waals surface area contributed by atoms with Crippen LogP contribution in [0.2, 0.25) is 0 Å². The molecule has 0 spiro atoms. The maximum Gasteiger partial charge on any atom is 0.312 e. The number of piperazine rings is 2. The monoisotopic (exact) mass is 277 g/mol. The van der Waals surface area contributed by atoms with Crippen molar-refractivity contribution in [1.82, 2.24) is 24.7 Å². The minimum atomic E-state index is -0.377. The van der Waals surface area contributed by atoms with Gasteiger partial charge >= 0.3 is 11.8 Å². The first-order chi connectivity index (χ1) is 9.66. The quantitative estimate of drug-likeness (QED) is 0.690. The highest BCUT2D eigenvalue weighted by atomic mass is 16.2. The van der Waals surface area contributed by atoms with Crippen LogP contribution < -0.4 is 5.32 Å².